The summed E-state index contributed by atoms with van der Waals surface area (Å²) in [6.07, 6.45) is 0.692. The van der Waals surface area contributed by atoms with Crippen LogP contribution < -0.4 is 5.56 Å². The molecule has 1 aromatic heterocycles. The van der Waals surface area contributed by atoms with Gasteiger partial charge < -0.3 is 9.30 Å². The largest absolute Gasteiger partial charge is 0.379 e. The fraction of sp³-hybridized carbons (Fsp3) is 0.714. The summed E-state index contributed by atoms with van der Waals surface area (Å²) in [4.78, 5) is 19.0. The summed E-state index contributed by atoms with van der Waals surface area (Å²) in [7, 11) is 0. The molecule has 106 valence electrons. The molecule has 1 aliphatic heterocycles. The Kier molecular flexibility index (Phi) is 4.71. The number of aryl methyl sites for hydroxylation is 2. The molecule has 1 saturated heterocycles. The molecule has 0 amide bonds. The van der Waals surface area contributed by atoms with Gasteiger partial charge in [0.1, 0.15) is 5.69 Å². The highest BCUT2D eigenvalue weighted by Gasteiger charge is 2.13. The van der Waals surface area contributed by atoms with Crippen LogP contribution in [0.25, 0.3) is 0 Å². The summed E-state index contributed by atoms with van der Waals surface area (Å²) < 4.78 is 7.21. The van der Waals surface area contributed by atoms with Crippen molar-refractivity contribution in [1.82, 2.24) is 14.5 Å². The van der Waals surface area contributed by atoms with E-state index in [1.807, 2.05) is 25.3 Å². The minimum atomic E-state index is 0.0684. The average Bonchev–Trinajstić information content (AvgIpc) is 2.44. The minimum Gasteiger partial charge on any atom is -0.379 e. The Hall–Kier alpha value is -1.20. The van der Waals surface area contributed by atoms with Gasteiger partial charge in [0.25, 0.3) is 5.56 Å². The smallest absolute Gasteiger partial charge is 0.272 e. The summed E-state index contributed by atoms with van der Waals surface area (Å²) in [5.41, 5.74) is 2.68. The van der Waals surface area contributed by atoms with E-state index in [0.29, 0.717) is 12.1 Å². The summed E-state index contributed by atoms with van der Waals surface area (Å²) >= 11 is 0. The van der Waals surface area contributed by atoms with Crippen LogP contribution in [0.3, 0.4) is 0 Å². The van der Waals surface area contributed by atoms with Crippen molar-refractivity contribution in [2.45, 2.75) is 33.7 Å². The van der Waals surface area contributed by atoms with Crippen molar-refractivity contribution in [3.8, 4) is 0 Å². The summed E-state index contributed by atoms with van der Waals surface area (Å²) in [6.45, 7) is 11.1. The first-order valence-electron chi connectivity index (χ1n) is 7.00. The molecule has 5 nitrogen and oxygen atoms in total. The monoisotopic (exact) mass is 265 g/mol. The van der Waals surface area contributed by atoms with Crippen molar-refractivity contribution < 1.29 is 4.74 Å². The predicted molar refractivity (Wildman–Crippen MR) is 74.6 cm³/mol. The molecule has 0 N–H and O–H groups in total. The van der Waals surface area contributed by atoms with Gasteiger partial charge in [-0.2, -0.15) is 0 Å². The molecule has 1 aliphatic rings. The SMILES string of the molecule is CCc1nc(C)c(C)n(CCN2CCOCC2)c1=O. The normalized spacial score (nSPS) is 16.8. The molecule has 2 rings (SSSR count). The fourth-order valence-electron chi connectivity index (χ4n) is 2.40. The minimum absolute atomic E-state index is 0.0684. The van der Waals surface area contributed by atoms with Gasteiger partial charge in [-0.05, 0) is 20.3 Å². The Morgan fingerprint density at radius 2 is 1.89 bits per heavy atom. The number of rotatable bonds is 4. The maximum Gasteiger partial charge on any atom is 0.272 e. The van der Waals surface area contributed by atoms with Gasteiger partial charge in [-0.15, -0.1) is 0 Å². The van der Waals surface area contributed by atoms with E-state index in [1.54, 1.807) is 0 Å². The van der Waals surface area contributed by atoms with Gasteiger partial charge in [-0.1, -0.05) is 6.92 Å². The zero-order valence-electron chi connectivity index (χ0n) is 12.1. The highest BCUT2D eigenvalue weighted by Crippen LogP contribution is 2.04. The van der Waals surface area contributed by atoms with Crippen LogP contribution >= 0.6 is 0 Å². The summed E-state index contributed by atoms with van der Waals surface area (Å²) in [5, 5.41) is 0. The standard InChI is InChI=1S/C14H23N3O2/c1-4-13-14(18)17(12(3)11(2)15-13)6-5-16-7-9-19-10-8-16/h4-10H2,1-3H3. The third-order valence-corrected chi connectivity index (χ3v) is 3.80. The van der Waals surface area contributed by atoms with Gasteiger partial charge in [0.15, 0.2) is 0 Å². The highest BCUT2D eigenvalue weighted by molar-refractivity contribution is 5.13. The van der Waals surface area contributed by atoms with Crippen molar-refractivity contribution >= 4 is 0 Å². The number of ether oxygens (including phenoxy) is 1. The predicted octanol–water partition coefficient (Wildman–Crippen LogP) is 0.755. The molecular formula is C14H23N3O2. The van der Waals surface area contributed by atoms with Gasteiger partial charge in [-0.25, -0.2) is 0 Å². The first kappa shape index (κ1) is 14.2. The van der Waals surface area contributed by atoms with Crippen LogP contribution in [0.15, 0.2) is 4.79 Å². The van der Waals surface area contributed by atoms with Crippen molar-refractivity contribution in [2.75, 3.05) is 32.8 Å². The van der Waals surface area contributed by atoms with Crippen molar-refractivity contribution in [2.24, 2.45) is 0 Å². The van der Waals surface area contributed by atoms with Crippen LogP contribution in [0.4, 0.5) is 0 Å². The molecule has 0 saturated carbocycles. The molecule has 2 heterocycles. The Morgan fingerprint density at radius 3 is 2.53 bits per heavy atom. The molecule has 0 spiro atoms. The molecule has 0 aromatic carbocycles. The zero-order chi connectivity index (χ0) is 13.8. The molecule has 0 aliphatic carbocycles. The summed E-state index contributed by atoms with van der Waals surface area (Å²) in [6, 6.07) is 0. The number of aromatic nitrogens is 2. The molecule has 0 atom stereocenters. The van der Waals surface area contributed by atoms with Gasteiger partial charge in [0.05, 0.1) is 18.9 Å². The molecule has 1 aromatic rings. The number of morpholine rings is 1. The lowest BCUT2D eigenvalue weighted by molar-refractivity contribution is 0.0362. The fourth-order valence-corrected chi connectivity index (χ4v) is 2.40. The van der Waals surface area contributed by atoms with E-state index in [-0.39, 0.29) is 5.56 Å². The Labute approximate surface area is 114 Å². The molecule has 0 unspecified atom stereocenters. The molecule has 19 heavy (non-hydrogen) atoms. The lowest BCUT2D eigenvalue weighted by Crippen LogP contribution is -2.40. The van der Waals surface area contributed by atoms with E-state index < -0.39 is 0 Å². The zero-order valence-corrected chi connectivity index (χ0v) is 12.1. The second-order valence-corrected chi connectivity index (χ2v) is 4.99. The third-order valence-electron chi connectivity index (χ3n) is 3.80. The number of hydrogen-bond donors (Lipinski definition) is 0. The van der Waals surface area contributed by atoms with Crippen molar-refractivity contribution in [1.29, 1.82) is 0 Å². The number of nitrogens with zero attached hydrogens (tertiary/aromatic N) is 3. The Morgan fingerprint density at radius 1 is 1.21 bits per heavy atom. The number of hydrogen-bond acceptors (Lipinski definition) is 4. The van der Waals surface area contributed by atoms with Crippen LogP contribution in [0.1, 0.15) is 24.0 Å². The van der Waals surface area contributed by atoms with E-state index in [4.69, 9.17) is 4.74 Å². The first-order valence-corrected chi connectivity index (χ1v) is 7.00. The van der Waals surface area contributed by atoms with Crippen molar-refractivity contribution in [3.05, 3.63) is 27.4 Å². The van der Waals surface area contributed by atoms with Crippen LogP contribution in [0.2, 0.25) is 0 Å². The Bertz CT molecular complexity index is 490. The van der Waals surface area contributed by atoms with E-state index in [1.165, 1.54) is 0 Å². The van der Waals surface area contributed by atoms with E-state index in [9.17, 15) is 4.79 Å². The second kappa shape index (κ2) is 6.30. The van der Waals surface area contributed by atoms with Gasteiger partial charge in [0, 0.05) is 31.9 Å². The lowest BCUT2D eigenvalue weighted by atomic mass is 10.2. The average molecular weight is 265 g/mol. The topological polar surface area (TPSA) is 47.4 Å². The van der Waals surface area contributed by atoms with Crippen molar-refractivity contribution in [3.63, 3.8) is 0 Å². The van der Waals surface area contributed by atoms with E-state index >= 15 is 0 Å². The highest BCUT2D eigenvalue weighted by atomic mass is 16.5. The molecule has 0 bridgehead atoms. The molecule has 1 fully saturated rings. The van der Waals surface area contributed by atoms with Gasteiger partial charge in [0.2, 0.25) is 0 Å². The lowest BCUT2D eigenvalue weighted by Gasteiger charge is -2.27. The van der Waals surface area contributed by atoms with E-state index in [0.717, 1.165) is 50.8 Å². The summed E-state index contributed by atoms with van der Waals surface area (Å²) in [5.74, 6) is 0. The van der Waals surface area contributed by atoms with Crippen LogP contribution in [-0.2, 0) is 17.7 Å². The van der Waals surface area contributed by atoms with Crippen LogP contribution in [0.5, 0.6) is 0 Å². The maximum atomic E-state index is 12.3. The first-order chi connectivity index (χ1) is 9.13. The quantitative estimate of drug-likeness (QED) is 0.806. The van der Waals surface area contributed by atoms with Gasteiger partial charge >= 0.3 is 0 Å². The molecule has 0 radical (unpaired) electrons. The van der Waals surface area contributed by atoms with Crippen LogP contribution in [0, 0.1) is 13.8 Å². The van der Waals surface area contributed by atoms with E-state index in [2.05, 4.69) is 9.88 Å². The van der Waals surface area contributed by atoms with Crippen LogP contribution in [-0.4, -0.2) is 47.3 Å². The Balaban J connectivity index is 2.14. The molecular weight excluding hydrogens is 242 g/mol. The third kappa shape index (κ3) is 3.22. The second-order valence-electron chi connectivity index (χ2n) is 4.99. The van der Waals surface area contributed by atoms with Gasteiger partial charge in [-0.3, -0.25) is 14.7 Å². The maximum absolute atomic E-state index is 12.3. The molecule has 5 heteroatoms.